The summed E-state index contributed by atoms with van der Waals surface area (Å²) in [4.78, 5) is 34.4. The Morgan fingerprint density at radius 1 is 0.957 bits per heavy atom. The molecule has 2 fully saturated rings. The lowest BCUT2D eigenvalue weighted by atomic mass is 9.87. The summed E-state index contributed by atoms with van der Waals surface area (Å²) >= 11 is 0. The molecule has 2 N–H and O–H groups in total. The van der Waals surface area contributed by atoms with Crippen LogP contribution in [0.15, 0.2) is 66.5 Å². The number of amides is 1. The second-order valence-corrected chi connectivity index (χ2v) is 16.8. The number of hydrogen-bond donors (Lipinski definition) is 2. The monoisotopic (exact) mass is 676 g/mol. The molecule has 47 heavy (non-hydrogen) atoms. The van der Waals surface area contributed by atoms with E-state index in [1.807, 2.05) is 61.2 Å². The summed E-state index contributed by atoms with van der Waals surface area (Å²) in [5, 5.41) is 5.12. The van der Waals surface area contributed by atoms with E-state index in [9.17, 15) is 21.6 Å². The molecule has 3 aliphatic heterocycles. The number of sulfone groups is 1. The number of sulfonamides is 1. The van der Waals surface area contributed by atoms with Crippen molar-refractivity contribution in [1.29, 1.82) is 0 Å². The summed E-state index contributed by atoms with van der Waals surface area (Å²) in [5.41, 5.74) is 3.59. The largest absolute Gasteiger partial charge is 0.370 e. The number of benzene rings is 1. The molecule has 0 aliphatic carbocycles. The van der Waals surface area contributed by atoms with Gasteiger partial charge in [0.15, 0.2) is 9.84 Å². The van der Waals surface area contributed by atoms with E-state index in [2.05, 4.69) is 30.2 Å². The molecule has 2 saturated heterocycles. The number of nitrogens with zero attached hydrogens (tertiary/aromatic N) is 6. The van der Waals surface area contributed by atoms with Crippen LogP contribution in [0.1, 0.15) is 26.0 Å². The highest BCUT2D eigenvalue weighted by Crippen LogP contribution is 2.32. The van der Waals surface area contributed by atoms with Crippen molar-refractivity contribution < 1.29 is 21.6 Å². The van der Waals surface area contributed by atoms with Crippen LogP contribution >= 0.6 is 0 Å². The van der Waals surface area contributed by atoms with Crippen LogP contribution < -0.4 is 15.1 Å². The van der Waals surface area contributed by atoms with Crippen LogP contribution in [-0.4, -0.2) is 97.3 Å². The first-order valence-electron chi connectivity index (χ1n) is 15.5. The van der Waals surface area contributed by atoms with Gasteiger partial charge in [-0.3, -0.25) is 9.78 Å². The summed E-state index contributed by atoms with van der Waals surface area (Å²) in [6.07, 6.45) is 5.58. The molecule has 4 aromatic rings. The van der Waals surface area contributed by atoms with Crippen LogP contribution in [-0.2, 0) is 30.1 Å². The lowest BCUT2D eigenvalue weighted by Crippen LogP contribution is -2.40. The van der Waals surface area contributed by atoms with E-state index in [-0.39, 0.29) is 23.5 Å². The molecule has 3 aliphatic rings. The van der Waals surface area contributed by atoms with Gasteiger partial charge in [-0.15, -0.1) is 0 Å². The Kier molecular flexibility index (Phi) is 7.80. The summed E-state index contributed by atoms with van der Waals surface area (Å²) in [7, 11) is -6.36. The van der Waals surface area contributed by atoms with Gasteiger partial charge in [0.05, 0.1) is 28.0 Å². The smallest absolute Gasteiger partial charge is 0.236 e. The van der Waals surface area contributed by atoms with Gasteiger partial charge in [0.1, 0.15) is 17.8 Å². The molecule has 6 heterocycles. The molecule has 0 spiro atoms. The average Bonchev–Trinajstić information content (AvgIpc) is 3.79. The minimum Gasteiger partial charge on any atom is -0.370 e. The number of rotatable bonds is 7. The fourth-order valence-electron chi connectivity index (χ4n) is 6.37. The molecule has 3 aromatic heterocycles. The van der Waals surface area contributed by atoms with Crippen LogP contribution in [0.5, 0.6) is 0 Å². The van der Waals surface area contributed by atoms with Gasteiger partial charge < -0.3 is 20.1 Å². The quantitative estimate of drug-likeness (QED) is 0.298. The van der Waals surface area contributed by atoms with Gasteiger partial charge in [0.2, 0.25) is 15.9 Å². The first-order chi connectivity index (χ1) is 22.4. The van der Waals surface area contributed by atoms with Crippen molar-refractivity contribution in [3.63, 3.8) is 0 Å². The second kappa shape index (κ2) is 11.7. The topological polar surface area (TPSA) is 162 Å². The lowest BCUT2D eigenvalue weighted by Gasteiger charge is -2.27. The second-order valence-electron chi connectivity index (χ2n) is 12.7. The van der Waals surface area contributed by atoms with Crippen molar-refractivity contribution in [3.8, 4) is 11.3 Å². The molecule has 1 amide bonds. The van der Waals surface area contributed by atoms with E-state index in [1.54, 1.807) is 16.6 Å². The highest BCUT2D eigenvalue weighted by Gasteiger charge is 2.37. The van der Waals surface area contributed by atoms with Gasteiger partial charge in [-0.05, 0) is 56.2 Å². The standard InChI is InChI=1S/C32H36N8O5S2/c1-32(2,28-18-24(8-10-33-28)39-12-9-25(20-39)40-11-3-15-47(40,44)45)31(41)36-23-6-4-22(5-7-23)27-19-26-29(37-27)34-21-35-30(26)38-13-16-46(42,43)17-14-38/h3-8,10,15,18-19,21,25H,9,11-14,16-17,20H2,1-2H3,(H,36,41)(H,34,35,37). The number of carbonyl (C=O) groups is 1. The van der Waals surface area contributed by atoms with Crippen molar-refractivity contribution in [2.75, 3.05) is 59.3 Å². The minimum atomic E-state index is -3.35. The molecule has 1 aromatic carbocycles. The number of pyridine rings is 1. The predicted molar refractivity (Wildman–Crippen MR) is 181 cm³/mol. The van der Waals surface area contributed by atoms with Crippen LogP contribution in [0, 0.1) is 0 Å². The number of fused-ring (bicyclic) bond motifs is 1. The highest BCUT2D eigenvalue weighted by atomic mass is 32.2. The molecule has 1 unspecified atom stereocenters. The zero-order valence-electron chi connectivity index (χ0n) is 26.1. The molecule has 0 saturated carbocycles. The summed E-state index contributed by atoms with van der Waals surface area (Å²) in [6.45, 7) is 6.14. The summed E-state index contributed by atoms with van der Waals surface area (Å²) < 4.78 is 50.1. The molecule has 13 nitrogen and oxygen atoms in total. The van der Waals surface area contributed by atoms with Gasteiger partial charge in [-0.1, -0.05) is 18.2 Å². The summed E-state index contributed by atoms with van der Waals surface area (Å²) in [6, 6.07) is 13.2. The summed E-state index contributed by atoms with van der Waals surface area (Å²) in [5.74, 6) is 0.700. The van der Waals surface area contributed by atoms with E-state index >= 15 is 0 Å². The van der Waals surface area contributed by atoms with Crippen molar-refractivity contribution in [2.24, 2.45) is 0 Å². The van der Waals surface area contributed by atoms with Crippen molar-refractivity contribution in [1.82, 2.24) is 24.2 Å². The van der Waals surface area contributed by atoms with E-state index in [1.165, 1.54) is 11.7 Å². The maximum atomic E-state index is 13.6. The van der Waals surface area contributed by atoms with E-state index in [0.717, 1.165) is 28.8 Å². The van der Waals surface area contributed by atoms with Crippen molar-refractivity contribution >= 4 is 54.0 Å². The molecule has 1 atom stereocenters. The molecule has 246 valence electrons. The molecular formula is C32H36N8O5S2. The lowest BCUT2D eigenvalue weighted by molar-refractivity contribution is -0.120. The number of carbonyl (C=O) groups excluding carboxylic acids is 1. The van der Waals surface area contributed by atoms with E-state index in [4.69, 9.17) is 0 Å². The third-order valence-electron chi connectivity index (χ3n) is 9.27. The van der Waals surface area contributed by atoms with E-state index in [0.29, 0.717) is 55.6 Å². The number of H-pyrrole nitrogens is 1. The predicted octanol–water partition coefficient (Wildman–Crippen LogP) is 2.91. The Morgan fingerprint density at radius 3 is 2.45 bits per heavy atom. The van der Waals surface area contributed by atoms with Crippen LogP contribution in [0.25, 0.3) is 22.3 Å². The number of hydrogen-bond acceptors (Lipinski definition) is 10. The Labute approximate surface area is 273 Å². The maximum Gasteiger partial charge on any atom is 0.236 e. The third kappa shape index (κ3) is 6.10. The normalized spacial score (nSPS) is 21.0. The first-order valence-corrected chi connectivity index (χ1v) is 18.8. The van der Waals surface area contributed by atoms with Gasteiger partial charge in [-0.2, -0.15) is 4.31 Å². The number of aromatic nitrogens is 4. The highest BCUT2D eigenvalue weighted by molar-refractivity contribution is 7.92. The average molecular weight is 677 g/mol. The van der Waals surface area contributed by atoms with Crippen molar-refractivity contribution in [2.45, 2.75) is 31.7 Å². The van der Waals surface area contributed by atoms with Crippen LogP contribution in [0.2, 0.25) is 0 Å². The van der Waals surface area contributed by atoms with Crippen molar-refractivity contribution in [3.05, 3.63) is 72.2 Å². The Balaban J connectivity index is 1.03. The van der Waals surface area contributed by atoms with Crippen LogP contribution in [0.3, 0.4) is 0 Å². The van der Waals surface area contributed by atoms with Gasteiger partial charge in [0.25, 0.3) is 0 Å². The molecule has 7 rings (SSSR count). The molecule has 0 bridgehead atoms. The molecular weight excluding hydrogens is 641 g/mol. The first kappa shape index (κ1) is 31.3. The Hall–Kier alpha value is -4.34. The van der Waals surface area contributed by atoms with Gasteiger partial charge >= 0.3 is 0 Å². The SMILES string of the molecule is CC(C)(C(=O)Nc1ccc(-c2cc3c(N4CCS(=O)(=O)CC4)ncnc3[nH]2)cc1)c1cc(N2CCC(N3CC=CS3(=O)=O)C2)ccn1. The molecule has 15 heteroatoms. The van der Waals surface area contributed by atoms with Gasteiger partial charge in [0, 0.05) is 67.4 Å². The number of aromatic amines is 1. The fraction of sp³-hybridized carbons (Fsp3) is 0.375. The number of anilines is 3. The third-order valence-corrected chi connectivity index (χ3v) is 12.5. The maximum absolute atomic E-state index is 13.6. The number of nitrogens with one attached hydrogen (secondary N) is 2. The zero-order chi connectivity index (χ0) is 33.0. The van der Waals surface area contributed by atoms with E-state index < -0.39 is 25.3 Å². The van der Waals surface area contributed by atoms with Gasteiger partial charge in [-0.25, -0.2) is 26.8 Å². The molecule has 0 radical (unpaired) electrons. The fourth-order valence-corrected chi connectivity index (χ4v) is 8.94. The minimum absolute atomic E-state index is 0.0963. The Morgan fingerprint density at radius 2 is 1.72 bits per heavy atom. The Bertz CT molecular complexity index is 2080. The van der Waals surface area contributed by atoms with Crippen LogP contribution in [0.4, 0.5) is 17.2 Å². The zero-order valence-corrected chi connectivity index (χ0v) is 27.8.